The second-order valence-electron chi connectivity index (χ2n) is 7.25. The number of fused-ring (bicyclic) bond motifs is 1. The topological polar surface area (TPSA) is 63.3 Å². The Kier molecular flexibility index (Phi) is 6.17. The number of hydrogen-bond donors (Lipinski definition) is 1. The second kappa shape index (κ2) is 9.15. The molecule has 0 radical (unpaired) electrons. The van der Waals surface area contributed by atoms with Crippen LogP contribution in [0.25, 0.3) is 0 Å². The molecule has 7 heteroatoms. The first-order valence-corrected chi connectivity index (χ1v) is 10.1. The summed E-state index contributed by atoms with van der Waals surface area (Å²) in [6, 6.07) is 13.6. The van der Waals surface area contributed by atoms with Crippen molar-refractivity contribution in [2.45, 2.75) is 13.5 Å². The van der Waals surface area contributed by atoms with Crippen molar-refractivity contribution in [3.05, 3.63) is 48.0 Å². The maximum Gasteiger partial charge on any atom is 0.238 e. The van der Waals surface area contributed by atoms with Crippen LogP contribution in [0.4, 0.5) is 5.69 Å². The molecule has 2 aromatic rings. The van der Waals surface area contributed by atoms with E-state index in [9.17, 15) is 4.79 Å². The summed E-state index contributed by atoms with van der Waals surface area (Å²) < 4.78 is 16.2. The number of ether oxygens (including phenoxy) is 3. The van der Waals surface area contributed by atoms with E-state index in [1.165, 1.54) is 5.56 Å². The van der Waals surface area contributed by atoms with Crippen LogP contribution in [0.5, 0.6) is 17.2 Å². The maximum atomic E-state index is 12.3. The normalized spacial score (nSPS) is 16.6. The highest BCUT2D eigenvalue weighted by Crippen LogP contribution is 2.32. The molecule has 2 heterocycles. The lowest BCUT2D eigenvalue weighted by molar-refractivity contribution is -0.117. The minimum Gasteiger partial charge on any atom is -0.494 e. The third-order valence-corrected chi connectivity index (χ3v) is 5.12. The zero-order chi connectivity index (χ0) is 20.1. The summed E-state index contributed by atoms with van der Waals surface area (Å²) in [5.74, 6) is 2.46. The molecular formula is C22H27N3O4. The Morgan fingerprint density at radius 2 is 1.72 bits per heavy atom. The van der Waals surface area contributed by atoms with E-state index in [1.807, 2.05) is 37.3 Å². The fourth-order valence-electron chi connectivity index (χ4n) is 3.61. The summed E-state index contributed by atoms with van der Waals surface area (Å²) >= 11 is 0. The maximum absolute atomic E-state index is 12.3. The summed E-state index contributed by atoms with van der Waals surface area (Å²) in [5.41, 5.74) is 2.01. The van der Waals surface area contributed by atoms with Crippen LogP contribution in [0.1, 0.15) is 12.5 Å². The van der Waals surface area contributed by atoms with Gasteiger partial charge in [0.2, 0.25) is 12.7 Å². The highest BCUT2D eigenvalue weighted by Gasteiger charge is 2.20. The number of nitrogens with one attached hydrogen (secondary N) is 1. The number of piperazine rings is 1. The molecule has 29 heavy (non-hydrogen) atoms. The molecule has 1 fully saturated rings. The quantitative estimate of drug-likeness (QED) is 0.775. The highest BCUT2D eigenvalue weighted by molar-refractivity contribution is 5.92. The summed E-state index contributed by atoms with van der Waals surface area (Å²) in [5, 5.41) is 2.96. The van der Waals surface area contributed by atoms with E-state index in [4.69, 9.17) is 14.2 Å². The molecule has 0 saturated carbocycles. The van der Waals surface area contributed by atoms with Crippen LogP contribution < -0.4 is 19.5 Å². The average molecular weight is 397 g/mol. The SMILES string of the molecule is CCOc1ccc(NC(=O)CN2CCN(Cc3ccc4c(c3)OCO4)CC2)cc1. The van der Waals surface area contributed by atoms with Gasteiger partial charge in [-0.2, -0.15) is 0 Å². The van der Waals surface area contributed by atoms with Gasteiger partial charge in [0, 0.05) is 38.4 Å². The molecule has 0 unspecified atom stereocenters. The Labute approximate surface area is 171 Å². The van der Waals surface area contributed by atoms with Crippen molar-refractivity contribution >= 4 is 11.6 Å². The Morgan fingerprint density at radius 1 is 1.00 bits per heavy atom. The van der Waals surface area contributed by atoms with Crippen molar-refractivity contribution in [1.82, 2.24) is 9.80 Å². The molecule has 1 N–H and O–H groups in total. The van der Waals surface area contributed by atoms with E-state index in [2.05, 4.69) is 27.2 Å². The molecule has 7 nitrogen and oxygen atoms in total. The van der Waals surface area contributed by atoms with Crippen LogP contribution in [0.3, 0.4) is 0 Å². The number of carbonyl (C=O) groups is 1. The first-order chi connectivity index (χ1) is 14.2. The predicted octanol–water partition coefficient (Wildman–Crippen LogP) is 2.57. The molecule has 2 aliphatic heterocycles. The van der Waals surface area contributed by atoms with Crippen molar-refractivity contribution in [3.8, 4) is 17.2 Å². The molecule has 0 aromatic heterocycles. The molecule has 1 amide bonds. The number of hydrogen-bond acceptors (Lipinski definition) is 6. The van der Waals surface area contributed by atoms with Crippen LogP contribution in [-0.4, -0.2) is 61.8 Å². The Morgan fingerprint density at radius 3 is 2.48 bits per heavy atom. The van der Waals surface area contributed by atoms with E-state index in [0.29, 0.717) is 19.9 Å². The van der Waals surface area contributed by atoms with Crippen molar-refractivity contribution in [1.29, 1.82) is 0 Å². The van der Waals surface area contributed by atoms with Crippen LogP contribution in [0.15, 0.2) is 42.5 Å². The van der Waals surface area contributed by atoms with Gasteiger partial charge < -0.3 is 19.5 Å². The zero-order valence-corrected chi connectivity index (χ0v) is 16.7. The molecule has 0 aliphatic carbocycles. The molecule has 1 saturated heterocycles. The lowest BCUT2D eigenvalue weighted by Gasteiger charge is -2.34. The summed E-state index contributed by atoms with van der Waals surface area (Å²) in [6.07, 6.45) is 0. The number of carbonyl (C=O) groups excluding carboxylic acids is 1. The minimum atomic E-state index is 0.0124. The van der Waals surface area contributed by atoms with E-state index < -0.39 is 0 Å². The van der Waals surface area contributed by atoms with Crippen LogP contribution in [0.2, 0.25) is 0 Å². The molecule has 0 atom stereocenters. The number of nitrogens with zero attached hydrogens (tertiary/aromatic N) is 2. The molecule has 154 valence electrons. The highest BCUT2D eigenvalue weighted by atomic mass is 16.7. The lowest BCUT2D eigenvalue weighted by Crippen LogP contribution is -2.48. The number of benzene rings is 2. The largest absolute Gasteiger partial charge is 0.494 e. The van der Waals surface area contributed by atoms with E-state index in [-0.39, 0.29) is 5.91 Å². The predicted molar refractivity (Wildman–Crippen MR) is 111 cm³/mol. The smallest absolute Gasteiger partial charge is 0.238 e. The van der Waals surface area contributed by atoms with Crippen molar-refractivity contribution < 1.29 is 19.0 Å². The Hall–Kier alpha value is -2.77. The van der Waals surface area contributed by atoms with Gasteiger partial charge in [0.15, 0.2) is 11.5 Å². The third-order valence-electron chi connectivity index (χ3n) is 5.12. The monoisotopic (exact) mass is 397 g/mol. The van der Waals surface area contributed by atoms with Gasteiger partial charge in [-0.05, 0) is 48.9 Å². The van der Waals surface area contributed by atoms with Crippen molar-refractivity contribution in [2.75, 3.05) is 51.4 Å². The lowest BCUT2D eigenvalue weighted by atomic mass is 10.1. The zero-order valence-electron chi connectivity index (χ0n) is 16.7. The van der Waals surface area contributed by atoms with Gasteiger partial charge in [0.25, 0.3) is 0 Å². The van der Waals surface area contributed by atoms with Crippen LogP contribution in [-0.2, 0) is 11.3 Å². The molecule has 4 rings (SSSR count). The van der Waals surface area contributed by atoms with Gasteiger partial charge in [-0.1, -0.05) is 6.07 Å². The Balaban J connectivity index is 1.20. The fourth-order valence-corrected chi connectivity index (χ4v) is 3.61. The average Bonchev–Trinajstić information content (AvgIpc) is 3.19. The van der Waals surface area contributed by atoms with Gasteiger partial charge in [-0.25, -0.2) is 0 Å². The van der Waals surface area contributed by atoms with Crippen molar-refractivity contribution in [3.63, 3.8) is 0 Å². The molecule has 2 aliphatic rings. The number of rotatable bonds is 7. The van der Waals surface area contributed by atoms with Gasteiger partial charge in [0.05, 0.1) is 13.2 Å². The van der Waals surface area contributed by atoms with Crippen LogP contribution in [0, 0.1) is 0 Å². The second-order valence-corrected chi connectivity index (χ2v) is 7.25. The first-order valence-electron chi connectivity index (χ1n) is 10.1. The van der Waals surface area contributed by atoms with Crippen LogP contribution >= 0.6 is 0 Å². The van der Waals surface area contributed by atoms with Gasteiger partial charge in [-0.15, -0.1) is 0 Å². The molecule has 2 aromatic carbocycles. The first kappa shape index (κ1) is 19.5. The minimum absolute atomic E-state index is 0.0124. The standard InChI is InChI=1S/C22H27N3O4/c1-2-27-19-6-4-18(5-7-19)23-22(26)15-25-11-9-24(10-12-25)14-17-3-8-20-21(13-17)29-16-28-20/h3-8,13H,2,9-12,14-16H2,1H3,(H,23,26). The van der Waals surface area contributed by atoms with Gasteiger partial charge >= 0.3 is 0 Å². The molecule has 0 bridgehead atoms. The van der Waals surface area contributed by atoms with Crippen molar-refractivity contribution in [2.24, 2.45) is 0 Å². The summed E-state index contributed by atoms with van der Waals surface area (Å²) in [6.45, 7) is 7.79. The van der Waals surface area contributed by atoms with Gasteiger partial charge in [0.1, 0.15) is 5.75 Å². The van der Waals surface area contributed by atoms with E-state index >= 15 is 0 Å². The summed E-state index contributed by atoms with van der Waals surface area (Å²) in [7, 11) is 0. The third kappa shape index (κ3) is 5.19. The fraction of sp³-hybridized carbons (Fsp3) is 0.409. The van der Waals surface area contributed by atoms with E-state index in [0.717, 1.165) is 55.7 Å². The summed E-state index contributed by atoms with van der Waals surface area (Å²) in [4.78, 5) is 16.9. The number of anilines is 1. The Bertz CT molecular complexity index is 832. The number of amides is 1. The molecule has 0 spiro atoms. The van der Waals surface area contributed by atoms with Gasteiger partial charge in [-0.3, -0.25) is 14.6 Å². The molecular weight excluding hydrogens is 370 g/mol. The van der Waals surface area contributed by atoms with E-state index in [1.54, 1.807) is 0 Å².